The van der Waals surface area contributed by atoms with Crippen molar-refractivity contribution < 1.29 is 5.11 Å². The smallest absolute Gasteiger partial charge is 0.0592 e. The number of hydrogen-bond donors (Lipinski definition) is 1. The third kappa shape index (κ3) is 4.96. The van der Waals surface area contributed by atoms with E-state index in [9.17, 15) is 5.11 Å². The Morgan fingerprint density at radius 1 is 1.05 bits per heavy atom. The van der Waals surface area contributed by atoms with Gasteiger partial charge in [-0.15, -0.1) is 0 Å². The summed E-state index contributed by atoms with van der Waals surface area (Å²) < 4.78 is 0. The molecule has 1 N–H and O–H groups in total. The summed E-state index contributed by atoms with van der Waals surface area (Å²) in [6, 6.07) is 4.42. The Labute approximate surface area is 118 Å². The van der Waals surface area contributed by atoms with Gasteiger partial charge in [-0.2, -0.15) is 0 Å². The van der Waals surface area contributed by atoms with Gasteiger partial charge in [0.15, 0.2) is 0 Å². The Morgan fingerprint density at radius 2 is 1.58 bits per heavy atom. The van der Waals surface area contributed by atoms with Gasteiger partial charge >= 0.3 is 0 Å². The molecule has 1 aromatic carbocycles. The van der Waals surface area contributed by atoms with Crippen molar-refractivity contribution >= 4 is 0 Å². The lowest BCUT2D eigenvalue weighted by molar-refractivity contribution is 0.143. The summed E-state index contributed by atoms with van der Waals surface area (Å²) >= 11 is 0. The van der Waals surface area contributed by atoms with Crippen LogP contribution >= 0.6 is 0 Å². The van der Waals surface area contributed by atoms with E-state index in [1.165, 1.54) is 22.3 Å². The molecular weight excluding hydrogens is 234 g/mol. The zero-order valence-electron chi connectivity index (χ0n) is 13.2. The van der Waals surface area contributed by atoms with Gasteiger partial charge in [0.2, 0.25) is 0 Å². The quantitative estimate of drug-likeness (QED) is 0.816. The van der Waals surface area contributed by atoms with Crippen molar-refractivity contribution in [2.24, 2.45) is 0 Å². The molecule has 1 atom stereocenters. The number of hydrogen-bond acceptors (Lipinski definition) is 2. The van der Waals surface area contributed by atoms with Gasteiger partial charge in [0, 0.05) is 6.54 Å². The zero-order valence-corrected chi connectivity index (χ0v) is 13.2. The van der Waals surface area contributed by atoms with Gasteiger partial charge in [0.1, 0.15) is 0 Å². The summed E-state index contributed by atoms with van der Waals surface area (Å²) in [6.07, 6.45) is 1.40. The largest absolute Gasteiger partial charge is 0.393 e. The zero-order chi connectivity index (χ0) is 14.4. The minimum Gasteiger partial charge on any atom is -0.393 e. The second-order valence-corrected chi connectivity index (χ2v) is 5.55. The first kappa shape index (κ1) is 16.2. The van der Waals surface area contributed by atoms with Crippen LogP contribution < -0.4 is 0 Å². The molecule has 0 aliphatic rings. The van der Waals surface area contributed by atoms with Gasteiger partial charge < -0.3 is 10.0 Å². The molecule has 0 fully saturated rings. The molecule has 0 saturated heterocycles. The second kappa shape index (κ2) is 7.66. The maximum Gasteiger partial charge on any atom is 0.0592 e. The van der Waals surface area contributed by atoms with Crippen LogP contribution in [0.1, 0.15) is 42.5 Å². The fourth-order valence-corrected chi connectivity index (χ4v) is 2.74. The standard InChI is InChI=1S/C17H29NO/c1-6-18(7-2)9-8-16(19)12-17-14(4)10-13(3)11-15(17)5/h10-11,16,19H,6-9,12H2,1-5H3. The molecule has 2 heteroatoms. The Hall–Kier alpha value is -0.860. The van der Waals surface area contributed by atoms with Gasteiger partial charge in [-0.05, 0) is 63.4 Å². The van der Waals surface area contributed by atoms with Crippen LogP contribution in [0.15, 0.2) is 12.1 Å². The first-order chi connectivity index (χ1) is 8.97. The third-order valence-electron chi connectivity index (χ3n) is 3.95. The van der Waals surface area contributed by atoms with Crippen LogP contribution in [0.3, 0.4) is 0 Å². The Morgan fingerprint density at radius 3 is 2.05 bits per heavy atom. The van der Waals surface area contributed by atoms with Crippen molar-refractivity contribution in [1.29, 1.82) is 0 Å². The molecule has 1 rings (SSSR count). The lowest BCUT2D eigenvalue weighted by Gasteiger charge is -2.21. The Bertz CT molecular complexity index is 373. The van der Waals surface area contributed by atoms with Crippen LogP contribution in [0.4, 0.5) is 0 Å². The van der Waals surface area contributed by atoms with Crippen LogP contribution in [0.5, 0.6) is 0 Å². The van der Waals surface area contributed by atoms with E-state index < -0.39 is 0 Å². The molecular formula is C17H29NO. The summed E-state index contributed by atoms with van der Waals surface area (Å²) in [4.78, 5) is 2.36. The van der Waals surface area contributed by atoms with E-state index in [1.54, 1.807) is 0 Å². The molecule has 0 heterocycles. The average Bonchev–Trinajstić information content (AvgIpc) is 2.35. The number of aliphatic hydroxyl groups excluding tert-OH is 1. The van der Waals surface area contributed by atoms with E-state index in [2.05, 4.69) is 51.7 Å². The van der Waals surface area contributed by atoms with E-state index in [-0.39, 0.29) is 6.10 Å². The summed E-state index contributed by atoms with van der Waals surface area (Å²) in [7, 11) is 0. The molecule has 0 aliphatic carbocycles. The topological polar surface area (TPSA) is 23.5 Å². The highest BCUT2D eigenvalue weighted by molar-refractivity contribution is 5.37. The highest BCUT2D eigenvalue weighted by Crippen LogP contribution is 2.19. The molecule has 0 aromatic heterocycles. The predicted octanol–water partition coefficient (Wildman–Crippen LogP) is 3.25. The van der Waals surface area contributed by atoms with Gasteiger partial charge in [-0.25, -0.2) is 0 Å². The minimum atomic E-state index is -0.235. The first-order valence-electron chi connectivity index (χ1n) is 7.45. The van der Waals surface area contributed by atoms with Crippen molar-refractivity contribution in [3.63, 3.8) is 0 Å². The average molecular weight is 263 g/mol. The summed E-state index contributed by atoms with van der Waals surface area (Å²) in [6.45, 7) is 13.9. The minimum absolute atomic E-state index is 0.235. The van der Waals surface area contributed by atoms with Gasteiger partial charge in [0.25, 0.3) is 0 Å². The van der Waals surface area contributed by atoms with E-state index in [4.69, 9.17) is 0 Å². The molecule has 19 heavy (non-hydrogen) atoms. The second-order valence-electron chi connectivity index (χ2n) is 5.55. The number of benzene rings is 1. The Kier molecular flexibility index (Phi) is 6.53. The van der Waals surface area contributed by atoms with Crippen molar-refractivity contribution in [2.75, 3.05) is 19.6 Å². The predicted molar refractivity (Wildman–Crippen MR) is 82.8 cm³/mol. The van der Waals surface area contributed by atoms with Gasteiger partial charge in [-0.1, -0.05) is 31.5 Å². The van der Waals surface area contributed by atoms with Crippen LogP contribution in [0, 0.1) is 20.8 Å². The third-order valence-corrected chi connectivity index (χ3v) is 3.95. The maximum absolute atomic E-state index is 10.2. The van der Waals surface area contributed by atoms with Gasteiger partial charge in [0.05, 0.1) is 6.10 Å². The lowest BCUT2D eigenvalue weighted by Crippen LogP contribution is -2.27. The molecule has 0 radical (unpaired) electrons. The van der Waals surface area contributed by atoms with Crippen molar-refractivity contribution in [1.82, 2.24) is 4.90 Å². The summed E-state index contributed by atoms with van der Waals surface area (Å²) in [5, 5.41) is 10.2. The van der Waals surface area contributed by atoms with Crippen molar-refractivity contribution in [3.05, 3.63) is 34.4 Å². The first-order valence-corrected chi connectivity index (χ1v) is 7.45. The SMILES string of the molecule is CCN(CC)CCC(O)Cc1c(C)cc(C)cc1C. The molecule has 1 unspecified atom stereocenters. The van der Waals surface area contributed by atoms with Crippen LogP contribution in [0.25, 0.3) is 0 Å². The van der Waals surface area contributed by atoms with Crippen molar-refractivity contribution in [3.8, 4) is 0 Å². The number of nitrogens with zero attached hydrogens (tertiary/aromatic N) is 1. The molecule has 0 spiro atoms. The number of aliphatic hydroxyl groups is 1. The summed E-state index contributed by atoms with van der Waals surface area (Å²) in [5.41, 5.74) is 5.23. The number of rotatable bonds is 7. The van der Waals surface area contributed by atoms with Crippen molar-refractivity contribution in [2.45, 2.75) is 53.6 Å². The highest BCUT2D eigenvalue weighted by Gasteiger charge is 2.11. The molecule has 0 aliphatic heterocycles. The summed E-state index contributed by atoms with van der Waals surface area (Å²) in [5.74, 6) is 0. The van der Waals surface area contributed by atoms with E-state index in [0.29, 0.717) is 0 Å². The monoisotopic (exact) mass is 263 g/mol. The molecule has 108 valence electrons. The molecule has 1 aromatic rings. The van der Waals surface area contributed by atoms with E-state index in [0.717, 1.165) is 32.5 Å². The molecule has 0 saturated carbocycles. The maximum atomic E-state index is 10.2. The van der Waals surface area contributed by atoms with Crippen LogP contribution in [0.2, 0.25) is 0 Å². The Balaban J connectivity index is 2.60. The van der Waals surface area contributed by atoms with Crippen LogP contribution in [-0.4, -0.2) is 35.7 Å². The molecule has 0 amide bonds. The number of aryl methyl sites for hydroxylation is 3. The van der Waals surface area contributed by atoms with Gasteiger partial charge in [-0.3, -0.25) is 0 Å². The normalized spacial score (nSPS) is 13.0. The van der Waals surface area contributed by atoms with E-state index in [1.807, 2.05) is 0 Å². The van der Waals surface area contributed by atoms with Crippen LogP contribution in [-0.2, 0) is 6.42 Å². The molecule has 0 bridgehead atoms. The van der Waals surface area contributed by atoms with E-state index >= 15 is 0 Å². The lowest BCUT2D eigenvalue weighted by atomic mass is 9.94. The molecule has 2 nitrogen and oxygen atoms in total. The highest BCUT2D eigenvalue weighted by atomic mass is 16.3. The fourth-order valence-electron chi connectivity index (χ4n) is 2.74. The fraction of sp³-hybridized carbons (Fsp3) is 0.647.